The summed E-state index contributed by atoms with van der Waals surface area (Å²) in [6.07, 6.45) is 4.48. The molecule has 0 unspecified atom stereocenters. The van der Waals surface area contributed by atoms with Crippen LogP contribution in [0.4, 0.5) is 0 Å². The van der Waals surface area contributed by atoms with E-state index in [1.54, 1.807) is 43.3 Å². The molecule has 2 N–H and O–H groups in total. The van der Waals surface area contributed by atoms with Crippen LogP contribution in [0.3, 0.4) is 0 Å². The second kappa shape index (κ2) is 5.54. The van der Waals surface area contributed by atoms with Crippen molar-refractivity contribution in [1.29, 1.82) is 0 Å². The molecule has 0 spiro atoms. The topological polar surface area (TPSA) is 74.6 Å². The molecule has 1 aromatic rings. The Morgan fingerprint density at radius 3 is 2.55 bits per heavy atom. The quantitative estimate of drug-likeness (QED) is 0.664. The second-order valence-electron chi connectivity index (χ2n) is 6.36. The van der Waals surface area contributed by atoms with Gasteiger partial charge in [0.2, 0.25) is 0 Å². The van der Waals surface area contributed by atoms with Crippen molar-refractivity contribution in [2.45, 2.75) is 32.8 Å². The molecule has 4 heteroatoms. The smallest absolute Gasteiger partial charge is 0.328 e. The van der Waals surface area contributed by atoms with Crippen LogP contribution in [0.5, 0.6) is 0 Å². The van der Waals surface area contributed by atoms with E-state index < -0.39 is 17.0 Å². The first kappa shape index (κ1) is 16.2. The molecular formula is C18H20O4. The van der Waals surface area contributed by atoms with E-state index in [0.29, 0.717) is 16.7 Å². The molecule has 0 heterocycles. The zero-order chi connectivity index (χ0) is 16.5. The van der Waals surface area contributed by atoms with Crippen molar-refractivity contribution in [3.63, 3.8) is 0 Å². The molecule has 2 rings (SSSR count). The number of hydrogen-bond acceptors (Lipinski definition) is 3. The van der Waals surface area contributed by atoms with Gasteiger partial charge < -0.3 is 10.2 Å². The molecule has 0 fully saturated rings. The average Bonchev–Trinajstić information content (AvgIpc) is 2.42. The van der Waals surface area contributed by atoms with E-state index >= 15 is 0 Å². The van der Waals surface area contributed by atoms with E-state index in [-0.39, 0.29) is 12.2 Å². The lowest BCUT2D eigenvalue weighted by molar-refractivity contribution is -0.131. The van der Waals surface area contributed by atoms with Gasteiger partial charge >= 0.3 is 5.97 Å². The number of aliphatic hydroxyl groups is 1. The molecule has 1 aliphatic rings. The summed E-state index contributed by atoms with van der Waals surface area (Å²) in [5.41, 5.74) is -0.403. The third-order valence-electron chi connectivity index (χ3n) is 4.21. The summed E-state index contributed by atoms with van der Waals surface area (Å²) in [5.74, 6) is -1.02. The normalized spacial score (nSPS) is 24.4. The summed E-state index contributed by atoms with van der Waals surface area (Å²) in [6, 6.07) is 7.02. The molecule has 0 saturated heterocycles. The second-order valence-corrected chi connectivity index (χ2v) is 6.36. The fourth-order valence-electron chi connectivity index (χ4n) is 2.86. The van der Waals surface area contributed by atoms with Gasteiger partial charge in [0.25, 0.3) is 0 Å². The highest BCUT2D eigenvalue weighted by Gasteiger charge is 2.49. The monoisotopic (exact) mass is 300 g/mol. The molecule has 1 atom stereocenters. The van der Waals surface area contributed by atoms with Crippen molar-refractivity contribution in [3.05, 3.63) is 59.2 Å². The number of rotatable bonds is 3. The number of carbonyl (C=O) groups excluding carboxylic acids is 1. The van der Waals surface area contributed by atoms with Gasteiger partial charge in [0.15, 0.2) is 5.78 Å². The number of Topliss-reactive ketones (excluding diaryl/α,β-unsaturated/α-hetero) is 1. The fourth-order valence-corrected chi connectivity index (χ4v) is 2.86. The van der Waals surface area contributed by atoms with Crippen LogP contribution in [0.25, 0.3) is 0 Å². The molecule has 0 saturated carbocycles. The number of hydrogen-bond donors (Lipinski definition) is 2. The fraction of sp³-hybridized carbons (Fsp3) is 0.333. The van der Waals surface area contributed by atoms with Crippen LogP contribution in [0.15, 0.2) is 48.1 Å². The van der Waals surface area contributed by atoms with Crippen LogP contribution >= 0.6 is 0 Å². The van der Waals surface area contributed by atoms with Crippen LogP contribution in [-0.4, -0.2) is 22.0 Å². The number of allylic oxidation sites excluding steroid dienone is 2. The molecule has 22 heavy (non-hydrogen) atoms. The van der Waals surface area contributed by atoms with E-state index in [2.05, 4.69) is 0 Å². The van der Waals surface area contributed by atoms with Crippen molar-refractivity contribution in [1.82, 2.24) is 0 Å². The average molecular weight is 300 g/mol. The van der Waals surface area contributed by atoms with Crippen molar-refractivity contribution in [2.75, 3.05) is 0 Å². The van der Waals surface area contributed by atoms with Crippen molar-refractivity contribution >= 4 is 11.8 Å². The SMILES string of the molecule is CC(/C=C/[C@@]1(O)c2ccccc2C(=O)CC1(C)C)=C\C(=O)O. The first-order valence-electron chi connectivity index (χ1n) is 7.13. The van der Waals surface area contributed by atoms with Crippen LogP contribution in [-0.2, 0) is 10.4 Å². The number of aliphatic carboxylic acids is 1. The van der Waals surface area contributed by atoms with Crippen molar-refractivity contribution < 1.29 is 19.8 Å². The lowest BCUT2D eigenvalue weighted by atomic mass is 9.62. The minimum Gasteiger partial charge on any atom is -0.478 e. The number of carboxylic acids is 1. The first-order chi connectivity index (χ1) is 10.2. The van der Waals surface area contributed by atoms with Gasteiger partial charge in [-0.1, -0.05) is 44.2 Å². The third-order valence-corrected chi connectivity index (χ3v) is 4.21. The zero-order valence-corrected chi connectivity index (χ0v) is 13.0. The van der Waals surface area contributed by atoms with E-state index in [0.717, 1.165) is 6.08 Å². The molecule has 0 aliphatic heterocycles. The van der Waals surface area contributed by atoms with Crippen LogP contribution < -0.4 is 0 Å². The number of fused-ring (bicyclic) bond motifs is 1. The van der Waals surface area contributed by atoms with Crippen LogP contribution in [0.1, 0.15) is 43.1 Å². The third kappa shape index (κ3) is 2.74. The van der Waals surface area contributed by atoms with Gasteiger partial charge in [-0.25, -0.2) is 4.79 Å². The van der Waals surface area contributed by atoms with E-state index in [9.17, 15) is 14.7 Å². The van der Waals surface area contributed by atoms with Gasteiger partial charge in [-0.15, -0.1) is 0 Å². The van der Waals surface area contributed by atoms with Gasteiger partial charge in [-0.3, -0.25) is 4.79 Å². The minimum atomic E-state index is -1.33. The Labute approximate surface area is 129 Å². The van der Waals surface area contributed by atoms with E-state index in [4.69, 9.17) is 5.11 Å². The Bertz CT molecular complexity index is 682. The molecule has 116 valence electrons. The van der Waals surface area contributed by atoms with Crippen molar-refractivity contribution in [3.8, 4) is 0 Å². The Kier molecular flexibility index (Phi) is 4.07. The molecule has 1 aliphatic carbocycles. The highest BCUT2D eigenvalue weighted by Crippen LogP contribution is 2.49. The highest BCUT2D eigenvalue weighted by molar-refractivity contribution is 5.99. The Hall–Kier alpha value is -2.20. The molecule has 0 radical (unpaired) electrons. The summed E-state index contributed by atoms with van der Waals surface area (Å²) in [5, 5.41) is 20.0. The predicted octanol–water partition coefficient (Wildman–Crippen LogP) is 3.07. The summed E-state index contributed by atoms with van der Waals surface area (Å²) in [6.45, 7) is 5.32. The molecule has 0 bridgehead atoms. The lowest BCUT2D eigenvalue weighted by Gasteiger charge is -2.45. The standard InChI is InChI=1S/C18H20O4/c1-12(10-16(20)21)8-9-18(22)14-7-5-4-6-13(14)15(19)11-17(18,2)3/h4-10,22H,11H2,1-3H3,(H,20,21)/b9-8+,12-10+/t18-/m1/s1. The predicted molar refractivity (Wildman–Crippen MR) is 83.6 cm³/mol. The first-order valence-corrected chi connectivity index (χ1v) is 7.13. The number of carbonyl (C=O) groups is 2. The summed E-state index contributed by atoms with van der Waals surface area (Å²) < 4.78 is 0. The summed E-state index contributed by atoms with van der Waals surface area (Å²) in [4.78, 5) is 22.9. The summed E-state index contributed by atoms with van der Waals surface area (Å²) >= 11 is 0. The highest BCUT2D eigenvalue weighted by atomic mass is 16.4. The Morgan fingerprint density at radius 1 is 1.27 bits per heavy atom. The van der Waals surface area contributed by atoms with Crippen LogP contribution in [0.2, 0.25) is 0 Å². The maximum absolute atomic E-state index is 12.2. The van der Waals surface area contributed by atoms with Gasteiger partial charge in [0, 0.05) is 23.5 Å². The lowest BCUT2D eigenvalue weighted by Crippen LogP contribution is -2.46. The van der Waals surface area contributed by atoms with Crippen LogP contribution in [0, 0.1) is 5.41 Å². The Balaban J connectivity index is 2.55. The maximum Gasteiger partial charge on any atom is 0.328 e. The minimum absolute atomic E-state index is 0.0106. The number of ketones is 1. The molecule has 1 aromatic carbocycles. The van der Waals surface area contributed by atoms with E-state index in [1.165, 1.54) is 0 Å². The van der Waals surface area contributed by atoms with E-state index in [1.807, 2.05) is 13.8 Å². The summed E-state index contributed by atoms with van der Waals surface area (Å²) in [7, 11) is 0. The molecule has 0 amide bonds. The molecular weight excluding hydrogens is 280 g/mol. The van der Waals surface area contributed by atoms with Gasteiger partial charge in [0.1, 0.15) is 5.60 Å². The van der Waals surface area contributed by atoms with Gasteiger partial charge in [-0.2, -0.15) is 0 Å². The largest absolute Gasteiger partial charge is 0.478 e. The van der Waals surface area contributed by atoms with Crippen molar-refractivity contribution in [2.24, 2.45) is 5.41 Å². The van der Waals surface area contributed by atoms with Gasteiger partial charge in [0.05, 0.1) is 0 Å². The number of carboxylic acid groups (broad SMARTS) is 1. The number of benzene rings is 1. The molecule has 4 nitrogen and oxygen atoms in total. The Morgan fingerprint density at radius 2 is 1.91 bits per heavy atom. The molecule has 0 aromatic heterocycles. The van der Waals surface area contributed by atoms with Gasteiger partial charge in [-0.05, 0) is 24.1 Å². The maximum atomic E-state index is 12.2. The zero-order valence-electron chi connectivity index (χ0n) is 13.0.